The summed E-state index contributed by atoms with van der Waals surface area (Å²) in [6.45, 7) is 3.10. The highest BCUT2D eigenvalue weighted by molar-refractivity contribution is 6.34. The third-order valence-electron chi connectivity index (χ3n) is 3.85. The Kier molecular flexibility index (Phi) is 4.51. The van der Waals surface area contributed by atoms with Gasteiger partial charge in [0.05, 0.1) is 10.7 Å². The molecule has 3 rings (SSSR count). The first kappa shape index (κ1) is 14.5. The van der Waals surface area contributed by atoms with Gasteiger partial charge in [0, 0.05) is 18.6 Å². The molecule has 5 nitrogen and oxygen atoms in total. The lowest BCUT2D eigenvalue weighted by atomic mass is 10.0. The molecule has 6 heteroatoms. The number of amides is 1. The molecule has 1 fully saturated rings. The highest BCUT2D eigenvalue weighted by atomic mass is 35.5. The molecular weight excluding hydrogens is 292 g/mol. The Morgan fingerprint density at radius 3 is 2.81 bits per heavy atom. The van der Waals surface area contributed by atoms with Gasteiger partial charge in [-0.25, -0.2) is 0 Å². The van der Waals surface area contributed by atoms with Crippen molar-refractivity contribution in [3.8, 4) is 11.5 Å². The molecule has 0 aliphatic carbocycles. The molecule has 1 atom stereocenters. The van der Waals surface area contributed by atoms with E-state index < -0.39 is 0 Å². The average molecular weight is 311 g/mol. The molecule has 2 aliphatic heterocycles. The molecule has 1 saturated heterocycles. The molecule has 114 valence electrons. The maximum atomic E-state index is 12.0. The van der Waals surface area contributed by atoms with E-state index in [1.54, 1.807) is 12.1 Å². The van der Waals surface area contributed by atoms with Gasteiger partial charge in [0.25, 0.3) is 0 Å². The maximum absolute atomic E-state index is 12.0. The number of rotatable bonds is 4. The zero-order valence-electron chi connectivity index (χ0n) is 11.8. The minimum absolute atomic E-state index is 0.0134. The molecule has 2 N–H and O–H groups in total. The summed E-state index contributed by atoms with van der Waals surface area (Å²) in [6.07, 6.45) is 2.57. The summed E-state index contributed by atoms with van der Waals surface area (Å²) in [5.41, 5.74) is 0.579. The third kappa shape index (κ3) is 3.60. The van der Waals surface area contributed by atoms with Gasteiger partial charge in [0.2, 0.25) is 5.91 Å². The van der Waals surface area contributed by atoms with Gasteiger partial charge in [-0.05, 0) is 31.8 Å². The average Bonchev–Trinajstić information content (AvgIpc) is 2.99. The van der Waals surface area contributed by atoms with E-state index in [4.69, 9.17) is 21.1 Å². The Morgan fingerprint density at radius 1 is 1.33 bits per heavy atom. The quantitative estimate of drug-likeness (QED) is 0.897. The number of carbonyl (C=O) groups excluding carboxylic acids is 1. The summed E-state index contributed by atoms with van der Waals surface area (Å²) < 4.78 is 10.9. The monoisotopic (exact) mass is 310 g/mol. The molecule has 0 bridgehead atoms. The van der Waals surface area contributed by atoms with Crippen LogP contribution >= 0.6 is 11.6 Å². The van der Waals surface area contributed by atoms with E-state index in [2.05, 4.69) is 10.6 Å². The third-order valence-corrected chi connectivity index (χ3v) is 4.16. The van der Waals surface area contributed by atoms with Crippen molar-refractivity contribution in [2.75, 3.05) is 31.6 Å². The molecule has 1 unspecified atom stereocenters. The normalized spacial score (nSPS) is 20.3. The first-order chi connectivity index (χ1) is 10.2. The number of halogens is 1. The Balaban J connectivity index is 1.59. The van der Waals surface area contributed by atoms with E-state index in [-0.39, 0.29) is 5.91 Å². The van der Waals surface area contributed by atoms with Crippen LogP contribution in [-0.4, -0.2) is 32.2 Å². The van der Waals surface area contributed by atoms with Crippen LogP contribution in [0.25, 0.3) is 0 Å². The van der Waals surface area contributed by atoms with Crippen LogP contribution in [0.4, 0.5) is 5.69 Å². The zero-order chi connectivity index (χ0) is 14.7. The summed E-state index contributed by atoms with van der Waals surface area (Å²) in [5.74, 6) is 1.84. The second kappa shape index (κ2) is 6.54. The van der Waals surface area contributed by atoms with Crippen LogP contribution in [0.2, 0.25) is 5.02 Å². The number of anilines is 1. The van der Waals surface area contributed by atoms with Crippen LogP contribution in [0.15, 0.2) is 12.1 Å². The van der Waals surface area contributed by atoms with Gasteiger partial charge in [0.1, 0.15) is 13.2 Å². The summed E-state index contributed by atoms with van der Waals surface area (Å²) in [6, 6.07) is 3.42. The molecule has 2 heterocycles. The van der Waals surface area contributed by atoms with Crippen LogP contribution in [0, 0.1) is 5.92 Å². The van der Waals surface area contributed by atoms with Crippen molar-refractivity contribution in [1.29, 1.82) is 0 Å². The van der Waals surface area contributed by atoms with E-state index in [1.165, 1.54) is 0 Å². The van der Waals surface area contributed by atoms with Gasteiger partial charge in [-0.3, -0.25) is 4.79 Å². The first-order valence-electron chi connectivity index (χ1n) is 7.32. The SMILES string of the molecule is O=C(CCC1CCNC1)Nc1cc2c(cc1Cl)OCCO2. The minimum atomic E-state index is -0.0134. The van der Waals surface area contributed by atoms with E-state index in [9.17, 15) is 4.79 Å². The van der Waals surface area contributed by atoms with Gasteiger partial charge >= 0.3 is 0 Å². The standard InChI is InChI=1S/C15H19ClN2O3/c16-11-7-13-14(21-6-5-20-13)8-12(11)18-15(19)2-1-10-3-4-17-9-10/h7-8,10,17H,1-6,9H2,(H,18,19). The topological polar surface area (TPSA) is 59.6 Å². The van der Waals surface area contributed by atoms with E-state index in [0.717, 1.165) is 25.9 Å². The fourth-order valence-corrected chi connectivity index (χ4v) is 2.87. The minimum Gasteiger partial charge on any atom is -0.486 e. The molecule has 0 saturated carbocycles. The fraction of sp³-hybridized carbons (Fsp3) is 0.533. The van der Waals surface area contributed by atoms with Crippen LogP contribution in [-0.2, 0) is 4.79 Å². The van der Waals surface area contributed by atoms with Crippen molar-refractivity contribution in [3.05, 3.63) is 17.2 Å². The maximum Gasteiger partial charge on any atom is 0.224 e. The Labute approximate surface area is 128 Å². The van der Waals surface area contributed by atoms with Crippen molar-refractivity contribution in [2.45, 2.75) is 19.3 Å². The number of carbonyl (C=O) groups is 1. The van der Waals surface area contributed by atoms with Crippen LogP contribution in [0.1, 0.15) is 19.3 Å². The fourth-order valence-electron chi connectivity index (χ4n) is 2.67. The van der Waals surface area contributed by atoms with Crippen LogP contribution < -0.4 is 20.1 Å². The summed E-state index contributed by atoms with van der Waals surface area (Å²) in [4.78, 5) is 12.0. The van der Waals surface area contributed by atoms with Gasteiger partial charge in [-0.2, -0.15) is 0 Å². The molecule has 2 aliphatic rings. The van der Waals surface area contributed by atoms with Crippen molar-refractivity contribution >= 4 is 23.2 Å². The van der Waals surface area contributed by atoms with Crippen molar-refractivity contribution in [1.82, 2.24) is 5.32 Å². The molecule has 1 amide bonds. The van der Waals surface area contributed by atoms with Gasteiger partial charge in [-0.15, -0.1) is 0 Å². The van der Waals surface area contributed by atoms with Crippen LogP contribution in [0.3, 0.4) is 0 Å². The summed E-state index contributed by atoms with van der Waals surface area (Å²) in [5, 5.41) is 6.63. The number of ether oxygens (including phenoxy) is 2. The second-order valence-corrected chi connectivity index (χ2v) is 5.83. The number of benzene rings is 1. The predicted octanol–water partition coefficient (Wildman–Crippen LogP) is 2.44. The van der Waals surface area contributed by atoms with Gasteiger partial charge in [-0.1, -0.05) is 11.6 Å². The second-order valence-electron chi connectivity index (χ2n) is 5.42. The van der Waals surface area contributed by atoms with Crippen molar-refractivity contribution < 1.29 is 14.3 Å². The van der Waals surface area contributed by atoms with Crippen molar-refractivity contribution in [2.24, 2.45) is 5.92 Å². The predicted molar refractivity (Wildman–Crippen MR) is 81.3 cm³/mol. The lowest BCUT2D eigenvalue weighted by Gasteiger charge is -2.20. The van der Waals surface area contributed by atoms with E-state index >= 15 is 0 Å². The molecule has 0 aromatic heterocycles. The van der Waals surface area contributed by atoms with Crippen LogP contribution in [0.5, 0.6) is 11.5 Å². The van der Waals surface area contributed by atoms with E-state index in [0.29, 0.717) is 47.8 Å². The highest BCUT2D eigenvalue weighted by Gasteiger charge is 2.18. The van der Waals surface area contributed by atoms with Gasteiger partial charge < -0.3 is 20.1 Å². The highest BCUT2D eigenvalue weighted by Crippen LogP contribution is 2.38. The lowest BCUT2D eigenvalue weighted by Crippen LogP contribution is -2.17. The molecular formula is C15H19ClN2O3. The smallest absolute Gasteiger partial charge is 0.224 e. The summed E-state index contributed by atoms with van der Waals surface area (Å²) >= 11 is 6.17. The summed E-state index contributed by atoms with van der Waals surface area (Å²) in [7, 11) is 0. The molecule has 0 radical (unpaired) electrons. The molecule has 21 heavy (non-hydrogen) atoms. The van der Waals surface area contributed by atoms with Crippen molar-refractivity contribution in [3.63, 3.8) is 0 Å². The van der Waals surface area contributed by atoms with Gasteiger partial charge in [0.15, 0.2) is 11.5 Å². The number of hydrogen-bond donors (Lipinski definition) is 2. The molecule has 1 aromatic rings. The largest absolute Gasteiger partial charge is 0.486 e. The molecule has 0 spiro atoms. The zero-order valence-corrected chi connectivity index (χ0v) is 12.5. The molecule has 1 aromatic carbocycles. The Bertz CT molecular complexity index is 530. The first-order valence-corrected chi connectivity index (χ1v) is 7.70. The van der Waals surface area contributed by atoms with E-state index in [1.807, 2.05) is 0 Å². The number of fused-ring (bicyclic) bond motifs is 1. The Morgan fingerprint density at radius 2 is 2.10 bits per heavy atom. The lowest BCUT2D eigenvalue weighted by molar-refractivity contribution is -0.116. The Hall–Kier alpha value is -1.46. The number of hydrogen-bond acceptors (Lipinski definition) is 4. The number of nitrogens with one attached hydrogen (secondary N) is 2.